The number of hydrogen-bond acceptors (Lipinski definition) is 5. The summed E-state index contributed by atoms with van der Waals surface area (Å²) in [5.74, 6) is 1.09. The molecule has 0 aromatic carbocycles. The SMILES string of the molecule is CCCC1CC(C(=O)NCc2ccnc(N3CCCC3)c2)NN1. The first-order valence-electron chi connectivity index (χ1n) is 8.75. The van der Waals surface area contributed by atoms with Gasteiger partial charge in [-0.2, -0.15) is 0 Å². The van der Waals surface area contributed by atoms with Crippen LogP contribution in [0.2, 0.25) is 0 Å². The van der Waals surface area contributed by atoms with Crippen molar-refractivity contribution in [2.45, 2.75) is 57.7 Å². The molecular formula is C17H27N5O. The second-order valence-corrected chi connectivity index (χ2v) is 6.50. The number of pyridine rings is 1. The summed E-state index contributed by atoms with van der Waals surface area (Å²) < 4.78 is 0. The highest BCUT2D eigenvalue weighted by atomic mass is 16.2. The molecule has 6 nitrogen and oxygen atoms in total. The van der Waals surface area contributed by atoms with E-state index in [0.29, 0.717) is 12.6 Å². The second kappa shape index (κ2) is 7.75. The predicted molar refractivity (Wildman–Crippen MR) is 90.9 cm³/mol. The summed E-state index contributed by atoms with van der Waals surface area (Å²) in [6, 6.07) is 4.33. The average Bonchev–Trinajstić information content (AvgIpc) is 3.25. The van der Waals surface area contributed by atoms with Gasteiger partial charge in [-0.1, -0.05) is 13.3 Å². The lowest BCUT2D eigenvalue weighted by Crippen LogP contribution is -2.43. The molecule has 1 aromatic rings. The van der Waals surface area contributed by atoms with E-state index in [9.17, 15) is 4.79 Å². The van der Waals surface area contributed by atoms with Gasteiger partial charge in [-0.15, -0.1) is 0 Å². The van der Waals surface area contributed by atoms with Crippen LogP contribution in [0.3, 0.4) is 0 Å². The number of hydrazine groups is 1. The highest BCUT2D eigenvalue weighted by molar-refractivity contribution is 5.82. The zero-order valence-corrected chi connectivity index (χ0v) is 13.8. The topological polar surface area (TPSA) is 69.3 Å². The van der Waals surface area contributed by atoms with Gasteiger partial charge in [0, 0.05) is 31.9 Å². The van der Waals surface area contributed by atoms with E-state index in [1.54, 1.807) is 0 Å². The first-order valence-corrected chi connectivity index (χ1v) is 8.75. The van der Waals surface area contributed by atoms with Crippen LogP contribution >= 0.6 is 0 Å². The lowest BCUT2D eigenvalue weighted by Gasteiger charge is -2.17. The number of anilines is 1. The van der Waals surface area contributed by atoms with Gasteiger partial charge in [-0.05, 0) is 43.4 Å². The molecule has 1 amide bonds. The molecule has 6 heteroatoms. The highest BCUT2D eigenvalue weighted by Crippen LogP contribution is 2.18. The maximum Gasteiger partial charge on any atom is 0.238 e. The molecule has 2 aliphatic rings. The molecule has 3 N–H and O–H groups in total. The van der Waals surface area contributed by atoms with Gasteiger partial charge < -0.3 is 10.2 Å². The summed E-state index contributed by atoms with van der Waals surface area (Å²) in [5, 5.41) is 3.03. The van der Waals surface area contributed by atoms with Crippen molar-refractivity contribution >= 4 is 11.7 Å². The fraction of sp³-hybridized carbons (Fsp3) is 0.647. The van der Waals surface area contributed by atoms with Gasteiger partial charge in [0.2, 0.25) is 5.91 Å². The van der Waals surface area contributed by atoms with E-state index in [-0.39, 0.29) is 11.9 Å². The lowest BCUT2D eigenvalue weighted by atomic mass is 10.1. The Hall–Kier alpha value is -1.66. The quantitative estimate of drug-likeness (QED) is 0.738. The molecule has 2 atom stereocenters. The minimum absolute atomic E-state index is 0.0654. The molecule has 3 heterocycles. The third-order valence-corrected chi connectivity index (χ3v) is 4.64. The number of carbonyl (C=O) groups is 1. The van der Waals surface area contributed by atoms with Crippen LogP contribution in [-0.4, -0.2) is 36.1 Å². The molecule has 2 unspecified atom stereocenters. The van der Waals surface area contributed by atoms with Crippen LogP contribution in [0.25, 0.3) is 0 Å². The molecule has 0 saturated carbocycles. The molecule has 0 spiro atoms. The van der Waals surface area contributed by atoms with Gasteiger partial charge in [0.05, 0.1) is 0 Å². The Morgan fingerprint density at radius 2 is 2.22 bits per heavy atom. The van der Waals surface area contributed by atoms with Crippen LogP contribution in [0, 0.1) is 0 Å². The van der Waals surface area contributed by atoms with E-state index in [4.69, 9.17) is 0 Å². The Kier molecular flexibility index (Phi) is 5.46. The first-order chi connectivity index (χ1) is 11.3. The van der Waals surface area contributed by atoms with Crippen molar-refractivity contribution in [1.29, 1.82) is 0 Å². The van der Waals surface area contributed by atoms with E-state index < -0.39 is 0 Å². The van der Waals surface area contributed by atoms with Crippen LogP contribution in [0.1, 0.15) is 44.6 Å². The Bertz CT molecular complexity index is 529. The van der Waals surface area contributed by atoms with Crippen LogP contribution in [0.4, 0.5) is 5.82 Å². The number of carbonyl (C=O) groups excluding carboxylic acids is 1. The van der Waals surface area contributed by atoms with Crippen LogP contribution in [-0.2, 0) is 11.3 Å². The van der Waals surface area contributed by atoms with E-state index in [1.807, 2.05) is 12.3 Å². The second-order valence-electron chi connectivity index (χ2n) is 6.50. The van der Waals surface area contributed by atoms with Gasteiger partial charge in [0.1, 0.15) is 11.9 Å². The highest BCUT2D eigenvalue weighted by Gasteiger charge is 2.28. The summed E-state index contributed by atoms with van der Waals surface area (Å²) in [5.41, 5.74) is 7.41. The van der Waals surface area contributed by atoms with Crippen molar-refractivity contribution in [3.63, 3.8) is 0 Å². The van der Waals surface area contributed by atoms with E-state index in [0.717, 1.165) is 43.7 Å². The maximum atomic E-state index is 12.3. The fourth-order valence-electron chi connectivity index (χ4n) is 3.33. The van der Waals surface area contributed by atoms with Gasteiger partial charge in [0.15, 0.2) is 0 Å². The van der Waals surface area contributed by atoms with E-state index in [1.165, 1.54) is 12.8 Å². The molecule has 126 valence electrons. The molecule has 0 radical (unpaired) electrons. The lowest BCUT2D eigenvalue weighted by molar-refractivity contribution is -0.123. The standard InChI is InChI=1S/C17H27N5O/c1-2-5-14-11-15(21-20-14)17(23)19-12-13-6-7-18-16(10-13)22-8-3-4-9-22/h6-7,10,14-15,20-21H,2-5,8-9,11-12H2,1H3,(H,19,23). The fourth-order valence-corrected chi connectivity index (χ4v) is 3.33. The number of nitrogens with one attached hydrogen (secondary N) is 3. The monoisotopic (exact) mass is 317 g/mol. The number of aromatic nitrogens is 1. The molecule has 2 aliphatic heterocycles. The minimum atomic E-state index is -0.133. The average molecular weight is 317 g/mol. The molecular weight excluding hydrogens is 290 g/mol. The smallest absolute Gasteiger partial charge is 0.238 e. The molecule has 1 aromatic heterocycles. The molecule has 2 saturated heterocycles. The summed E-state index contributed by atoms with van der Waals surface area (Å²) in [4.78, 5) is 19.0. The summed E-state index contributed by atoms with van der Waals surface area (Å²) in [6.45, 7) is 4.88. The van der Waals surface area contributed by atoms with Crippen LogP contribution < -0.4 is 21.1 Å². The maximum absolute atomic E-state index is 12.3. The molecule has 0 aliphatic carbocycles. The molecule has 0 bridgehead atoms. The van der Waals surface area contributed by atoms with E-state index in [2.05, 4.69) is 39.0 Å². The zero-order chi connectivity index (χ0) is 16.1. The van der Waals surface area contributed by atoms with Crippen molar-refractivity contribution in [2.75, 3.05) is 18.0 Å². The van der Waals surface area contributed by atoms with Crippen molar-refractivity contribution in [2.24, 2.45) is 0 Å². The van der Waals surface area contributed by atoms with Gasteiger partial charge in [0.25, 0.3) is 0 Å². The molecule has 2 fully saturated rings. The van der Waals surface area contributed by atoms with Crippen molar-refractivity contribution in [3.05, 3.63) is 23.9 Å². The van der Waals surface area contributed by atoms with Crippen molar-refractivity contribution < 1.29 is 4.79 Å². The predicted octanol–water partition coefficient (Wildman–Crippen LogP) is 1.33. The number of amides is 1. The number of rotatable bonds is 6. The summed E-state index contributed by atoms with van der Waals surface area (Å²) in [6.07, 6.45) is 7.39. The number of nitrogens with zero attached hydrogens (tertiary/aromatic N) is 2. The Balaban J connectivity index is 1.50. The Morgan fingerprint density at radius 3 is 3.00 bits per heavy atom. The third-order valence-electron chi connectivity index (χ3n) is 4.64. The Morgan fingerprint density at radius 1 is 1.39 bits per heavy atom. The number of hydrogen-bond donors (Lipinski definition) is 3. The summed E-state index contributed by atoms with van der Waals surface area (Å²) >= 11 is 0. The van der Waals surface area contributed by atoms with Gasteiger partial charge in [-0.3, -0.25) is 10.2 Å². The van der Waals surface area contributed by atoms with E-state index >= 15 is 0 Å². The van der Waals surface area contributed by atoms with Crippen LogP contribution in [0.5, 0.6) is 0 Å². The third kappa shape index (κ3) is 4.20. The largest absolute Gasteiger partial charge is 0.357 e. The van der Waals surface area contributed by atoms with Gasteiger partial charge >= 0.3 is 0 Å². The molecule has 23 heavy (non-hydrogen) atoms. The van der Waals surface area contributed by atoms with Crippen LogP contribution in [0.15, 0.2) is 18.3 Å². The van der Waals surface area contributed by atoms with Crippen molar-refractivity contribution in [3.8, 4) is 0 Å². The zero-order valence-electron chi connectivity index (χ0n) is 13.8. The van der Waals surface area contributed by atoms with Gasteiger partial charge in [-0.25, -0.2) is 10.4 Å². The first kappa shape index (κ1) is 16.2. The minimum Gasteiger partial charge on any atom is -0.357 e. The normalized spacial score (nSPS) is 24.1. The Labute approximate surface area is 138 Å². The molecule has 3 rings (SSSR count). The summed E-state index contributed by atoms with van der Waals surface area (Å²) in [7, 11) is 0. The van der Waals surface area contributed by atoms with Crippen molar-refractivity contribution in [1.82, 2.24) is 21.2 Å².